The maximum Gasteiger partial charge on any atom is 0.254 e. The van der Waals surface area contributed by atoms with E-state index >= 15 is 4.39 Å². The number of amides is 2. The molecule has 7 rings (SSSR count). The maximum atomic E-state index is 16.3. The number of carbonyl (C=O) groups excluding carboxylic acids is 2. The molecule has 0 spiro atoms. The molecular weight excluding hydrogens is 656 g/mol. The normalized spacial score (nSPS) is 20.6. The number of rotatable bonds is 16. The fourth-order valence-electron chi connectivity index (χ4n) is 8.42. The molecule has 4 N–H and O–H groups in total. The van der Waals surface area contributed by atoms with Gasteiger partial charge in [0.2, 0.25) is 5.91 Å². The monoisotopic (exact) mass is 706 g/mol. The summed E-state index contributed by atoms with van der Waals surface area (Å²) in [5.41, 5.74) is 15.9. The lowest BCUT2D eigenvalue weighted by Crippen LogP contribution is -2.51. The summed E-state index contributed by atoms with van der Waals surface area (Å²) in [4.78, 5) is 41.8. The summed E-state index contributed by atoms with van der Waals surface area (Å²) in [5.74, 6) is 0.550. The lowest BCUT2D eigenvalue weighted by Gasteiger charge is -2.37. The van der Waals surface area contributed by atoms with E-state index in [0.29, 0.717) is 53.5 Å². The van der Waals surface area contributed by atoms with Crippen LogP contribution < -0.4 is 11.5 Å². The number of nitrogens with zero attached hydrogens (tertiary/aromatic N) is 6. The summed E-state index contributed by atoms with van der Waals surface area (Å²) in [7, 11) is 0. The van der Waals surface area contributed by atoms with E-state index in [2.05, 4.69) is 46.4 Å². The van der Waals surface area contributed by atoms with Crippen molar-refractivity contribution in [1.82, 2.24) is 24.0 Å². The highest BCUT2D eigenvalue weighted by Gasteiger charge is 2.41. The molecule has 4 unspecified atom stereocenters. The van der Waals surface area contributed by atoms with Crippen molar-refractivity contribution in [2.45, 2.75) is 115 Å². The van der Waals surface area contributed by atoms with Crippen LogP contribution in [0.4, 0.5) is 10.2 Å². The van der Waals surface area contributed by atoms with Crippen molar-refractivity contribution in [1.29, 1.82) is 0 Å². The van der Waals surface area contributed by atoms with Gasteiger partial charge in [0, 0.05) is 48.5 Å². The van der Waals surface area contributed by atoms with Crippen LogP contribution in [0.3, 0.4) is 0 Å². The summed E-state index contributed by atoms with van der Waals surface area (Å²) in [6, 6.07) is 11.1. The first-order valence-electron chi connectivity index (χ1n) is 19.1. The number of halogens is 1. The molecule has 1 aliphatic heterocycles. The predicted molar refractivity (Wildman–Crippen MR) is 204 cm³/mol. The molecule has 2 bridgehead atoms. The first-order chi connectivity index (χ1) is 25.3. The average molecular weight is 707 g/mol. The van der Waals surface area contributed by atoms with Crippen LogP contribution >= 0.6 is 0 Å². The van der Waals surface area contributed by atoms with Crippen LogP contribution in [0.15, 0.2) is 53.7 Å². The van der Waals surface area contributed by atoms with Crippen LogP contribution in [-0.2, 0) is 11.3 Å². The molecule has 2 aliphatic carbocycles. The molecule has 2 amide bonds. The average Bonchev–Trinajstić information content (AvgIpc) is 3.61. The van der Waals surface area contributed by atoms with Crippen molar-refractivity contribution in [2.75, 3.05) is 6.54 Å². The molecule has 0 radical (unpaired) electrons. The fraction of sp³-hybridized carbons (Fsp3) is 0.488. The molecule has 4 atom stereocenters. The number of aliphatic imine (C=N–C) groups is 1. The number of aromatic nitrogens is 4. The molecule has 274 valence electrons. The topological polar surface area (TPSA) is 137 Å². The third-order valence-electron chi connectivity index (χ3n) is 11.3. The number of imidazole rings is 1. The Bertz CT molecular complexity index is 1960. The minimum Gasteiger partial charge on any atom is -0.369 e. The van der Waals surface area contributed by atoms with E-state index in [9.17, 15) is 9.59 Å². The van der Waals surface area contributed by atoms with Gasteiger partial charge in [-0.15, -0.1) is 0 Å². The summed E-state index contributed by atoms with van der Waals surface area (Å²) in [6.45, 7) is 7.26. The van der Waals surface area contributed by atoms with Gasteiger partial charge < -0.3 is 25.5 Å². The summed E-state index contributed by atoms with van der Waals surface area (Å²) in [6.07, 6.45) is 16.9. The highest BCUT2D eigenvalue weighted by molar-refractivity contribution is 5.98. The van der Waals surface area contributed by atoms with Crippen molar-refractivity contribution in [3.63, 3.8) is 0 Å². The summed E-state index contributed by atoms with van der Waals surface area (Å²) < 4.78 is 20.5. The lowest BCUT2D eigenvalue weighted by molar-refractivity contribution is -0.119. The smallest absolute Gasteiger partial charge is 0.254 e. The third kappa shape index (κ3) is 7.20. The van der Waals surface area contributed by atoms with Crippen LogP contribution in [0.25, 0.3) is 28.6 Å². The number of likely N-dealkylation sites (tertiary alicyclic amines) is 1. The number of allylic oxidation sites excluding steroid dienone is 1. The largest absolute Gasteiger partial charge is 0.369 e. The van der Waals surface area contributed by atoms with Gasteiger partial charge in [-0.1, -0.05) is 50.8 Å². The van der Waals surface area contributed by atoms with Crippen LogP contribution in [0.2, 0.25) is 0 Å². The Morgan fingerprint density at radius 2 is 1.90 bits per heavy atom. The molecule has 10 nitrogen and oxygen atoms in total. The number of pyridine rings is 1. The highest BCUT2D eigenvalue weighted by atomic mass is 19.1. The molecule has 52 heavy (non-hydrogen) atoms. The molecule has 1 aromatic carbocycles. The molecule has 3 aliphatic rings. The van der Waals surface area contributed by atoms with Gasteiger partial charge in [-0.3, -0.25) is 14.6 Å². The number of primary amides is 1. The Hall–Kier alpha value is -4.64. The maximum absolute atomic E-state index is 16.3. The number of fused-ring (bicyclic) bond motifs is 3. The summed E-state index contributed by atoms with van der Waals surface area (Å²) >= 11 is 0. The Kier molecular flexibility index (Phi) is 10.7. The van der Waals surface area contributed by atoms with E-state index < -0.39 is 11.7 Å². The van der Waals surface area contributed by atoms with Crippen LogP contribution in [0.5, 0.6) is 0 Å². The second-order valence-electron chi connectivity index (χ2n) is 14.9. The second kappa shape index (κ2) is 15.5. The molecule has 3 aromatic heterocycles. The molecule has 1 saturated heterocycles. The SMILES string of the molecule is C=Nc1c(/C=C\CCC)cc(-c2nc3cc(C(=O)N4CC(N)C5CCC4C5)cc(F)c3n2C2CC2)n1CCCCCCC(C(N)=O)c1ccccn1. The predicted octanol–water partition coefficient (Wildman–Crippen LogP) is 7.69. The number of carbonyl (C=O) groups is 2. The van der Waals surface area contributed by atoms with Gasteiger partial charge >= 0.3 is 0 Å². The number of unbranched alkanes of at least 4 members (excludes halogenated alkanes) is 4. The fourth-order valence-corrected chi connectivity index (χ4v) is 8.42. The Morgan fingerprint density at radius 3 is 2.63 bits per heavy atom. The molecule has 4 heterocycles. The van der Waals surface area contributed by atoms with Gasteiger partial charge in [-0.2, -0.15) is 0 Å². The Balaban J connectivity index is 1.16. The number of hydrogen-bond acceptors (Lipinski definition) is 6. The van der Waals surface area contributed by atoms with Crippen LogP contribution in [-0.4, -0.2) is 61.2 Å². The standard InChI is InChI=1S/C41H51FN8O2/c1-3-4-7-12-27-24-36(48(39(27)45-2)20-11-6-5-8-13-31(38(44)51)34-14-9-10-19-46-34)40-47-35-23-28(22-32(42)37(35)50(40)29-17-18-29)41(52)49-25-33(43)26-15-16-30(49)21-26/h7,9-10,12,14,19,22-24,26,29-31,33H,2-6,8,11,13,15-18,20-21,25,43H2,1H3,(H2,44,51)/b12-7-. The van der Waals surface area contributed by atoms with Crippen LogP contribution in [0.1, 0.15) is 118 Å². The molecule has 3 fully saturated rings. The van der Waals surface area contributed by atoms with Crippen molar-refractivity contribution < 1.29 is 14.0 Å². The Labute approximate surface area is 305 Å². The van der Waals surface area contributed by atoms with Crippen molar-refractivity contribution in [3.8, 4) is 11.5 Å². The summed E-state index contributed by atoms with van der Waals surface area (Å²) in [5, 5.41) is 0. The zero-order chi connectivity index (χ0) is 36.4. The first-order valence-corrected chi connectivity index (χ1v) is 19.1. The van der Waals surface area contributed by atoms with Gasteiger partial charge in [-0.05, 0) is 94.3 Å². The third-order valence-corrected chi connectivity index (χ3v) is 11.3. The quantitative estimate of drug-likeness (QED) is 0.0909. The zero-order valence-electron chi connectivity index (χ0n) is 30.2. The van der Waals surface area contributed by atoms with E-state index in [1.54, 1.807) is 12.3 Å². The number of piperidine rings is 1. The minimum absolute atomic E-state index is 0.0448. The highest BCUT2D eigenvalue weighted by Crippen LogP contribution is 2.44. The van der Waals surface area contributed by atoms with E-state index in [-0.39, 0.29) is 29.9 Å². The minimum atomic E-state index is -0.430. The van der Waals surface area contributed by atoms with Gasteiger partial charge in [0.05, 0.1) is 22.8 Å². The number of hydrogen-bond donors (Lipinski definition) is 2. The van der Waals surface area contributed by atoms with Crippen molar-refractivity contribution in [2.24, 2.45) is 22.4 Å². The van der Waals surface area contributed by atoms with Crippen molar-refractivity contribution >= 4 is 41.5 Å². The zero-order valence-corrected chi connectivity index (χ0v) is 30.2. The van der Waals surface area contributed by atoms with E-state index in [1.165, 1.54) is 6.07 Å². The van der Waals surface area contributed by atoms with Gasteiger partial charge in [-0.25, -0.2) is 14.4 Å². The Morgan fingerprint density at radius 1 is 1.10 bits per heavy atom. The lowest BCUT2D eigenvalue weighted by atomic mass is 9.94. The molecule has 4 aromatic rings. The first kappa shape index (κ1) is 35.7. The molecule has 11 heteroatoms. The number of benzene rings is 1. The second-order valence-corrected chi connectivity index (χ2v) is 14.9. The molecule has 2 saturated carbocycles. The number of nitrogens with two attached hydrogens (primary N) is 2. The van der Waals surface area contributed by atoms with E-state index in [4.69, 9.17) is 16.5 Å². The van der Waals surface area contributed by atoms with Crippen LogP contribution in [0, 0.1) is 11.7 Å². The van der Waals surface area contributed by atoms with E-state index in [1.807, 2.05) is 27.7 Å². The van der Waals surface area contributed by atoms with Gasteiger partial charge in [0.15, 0.2) is 5.82 Å². The van der Waals surface area contributed by atoms with E-state index in [0.717, 1.165) is 87.7 Å². The molecular formula is C41H51FN8O2. The van der Waals surface area contributed by atoms with Crippen molar-refractivity contribution in [3.05, 3.63) is 71.3 Å². The van der Waals surface area contributed by atoms with Gasteiger partial charge in [0.25, 0.3) is 5.91 Å². The van der Waals surface area contributed by atoms with Gasteiger partial charge in [0.1, 0.15) is 17.2 Å².